The summed E-state index contributed by atoms with van der Waals surface area (Å²) in [6, 6.07) is 2.03. The zero-order chi connectivity index (χ0) is 13.3. The van der Waals surface area contributed by atoms with Crippen LogP contribution in [0, 0.1) is 11.3 Å². The summed E-state index contributed by atoms with van der Waals surface area (Å²) in [5, 5.41) is 0. The van der Waals surface area contributed by atoms with E-state index in [9.17, 15) is 0 Å². The van der Waals surface area contributed by atoms with Crippen LogP contribution in [0.25, 0.3) is 0 Å². The zero-order valence-corrected chi connectivity index (χ0v) is 13.3. The molecule has 1 aliphatic rings. The number of hydrogen-bond donors (Lipinski definition) is 0. The molecule has 0 saturated carbocycles. The minimum atomic E-state index is 0.382. The van der Waals surface area contributed by atoms with Gasteiger partial charge in [-0.3, -0.25) is 0 Å². The first-order chi connectivity index (χ1) is 8.40. The van der Waals surface area contributed by atoms with Crippen molar-refractivity contribution in [3.63, 3.8) is 0 Å². The summed E-state index contributed by atoms with van der Waals surface area (Å²) in [6.45, 7) is 11.3. The van der Waals surface area contributed by atoms with E-state index in [1.165, 1.54) is 6.42 Å². The standard InChI is InChI=1S/C14H22BrN3/c1-5-12-16-11(15)8-13(17-12)18-7-6-10(9-18)14(2,3)4/h8,10H,5-7,9H2,1-4H3. The van der Waals surface area contributed by atoms with Crippen molar-refractivity contribution in [2.24, 2.45) is 11.3 Å². The van der Waals surface area contributed by atoms with E-state index in [-0.39, 0.29) is 0 Å². The molecule has 100 valence electrons. The molecule has 2 rings (SSSR count). The number of rotatable bonds is 2. The van der Waals surface area contributed by atoms with Gasteiger partial charge in [-0.15, -0.1) is 0 Å². The van der Waals surface area contributed by atoms with Crippen LogP contribution in [0.4, 0.5) is 5.82 Å². The van der Waals surface area contributed by atoms with Crippen LogP contribution in [-0.4, -0.2) is 23.1 Å². The van der Waals surface area contributed by atoms with Crippen molar-refractivity contribution in [2.75, 3.05) is 18.0 Å². The fourth-order valence-corrected chi connectivity index (χ4v) is 2.86. The second-order valence-electron chi connectivity index (χ2n) is 6.12. The van der Waals surface area contributed by atoms with E-state index in [0.29, 0.717) is 5.41 Å². The maximum Gasteiger partial charge on any atom is 0.133 e. The molecule has 0 spiro atoms. The third kappa shape index (κ3) is 3.02. The molecule has 2 heterocycles. The quantitative estimate of drug-likeness (QED) is 0.780. The Bertz CT molecular complexity index is 426. The molecule has 1 aromatic rings. The topological polar surface area (TPSA) is 29.0 Å². The molecule has 0 amide bonds. The van der Waals surface area contributed by atoms with Gasteiger partial charge in [0, 0.05) is 25.6 Å². The van der Waals surface area contributed by atoms with E-state index in [4.69, 9.17) is 0 Å². The Balaban J connectivity index is 2.16. The lowest BCUT2D eigenvalue weighted by atomic mass is 9.80. The zero-order valence-electron chi connectivity index (χ0n) is 11.7. The molecule has 0 aliphatic carbocycles. The van der Waals surface area contributed by atoms with Crippen LogP contribution in [0.1, 0.15) is 39.9 Å². The average molecular weight is 312 g/mol. The third-order valence-corrected chi connectivity index (χ3v) is 4.19. The summed E-state index contributed by atoms with van der Waals surface area (Å²) in [5.41, 5.74) is 0.382. The highest BCUT2D eigenvalue weighted by molar-refractivity contribution is 9.10. The number of halogens is 1. The molecule has 1 aliphatic heterocycles. The van der Waals surface area contributed by atoms with Crippen LogP contribution >= 0.6 is 15.9 Å². The minimum absolute atomic E-state index is 0.382. The van der Waals surface area contributed by atoms with E-state index in [2.05, 4.69) is 58.5 Å². The molecule has 1 saturated heterocycles. The summed E-state index contributed by atoms with van der Waals surface area (Å²) >= 11 is 3.48. The van der Waals surface area contributed by atoms with Crippen LogP contribution in [0.3, 0.4) is 0 Å². The first-order valence-electron chi connectivity index (χ1n) is 6.68. The van der Waals surface area contributed by atoms with Crippen LogP contribution in [0.2, 0.25) is 0 Å². The third-order valence-electron chi connectivity index (χ3n) is 3.78. The van der Waals surface area contributed by atoms with Crippen molar-refractivity contribution < 1.29 is 0 Å². The molecule has 3 nitrogen and oxygen atoms in total. The second-order valence-corrected chi connectivity index (χ2v) is 6.93. The highest BCUT2D eigenvalue weighted by Gasteiger charge is 2.32. The second kappa shape index (κ2) is 5.16. The lowest BCUT2D eigenvalue weighted by Crippen LogP contribution is -2.26. The van der Waals surface area contributed by atoms with E-state index >= 15 is 0 Å². The minimum Gasteiger partial charge on any atom is -0.356 e. The summed E-state index contributed by atoms with van der Waals surface area (Å²) in [6.07, 6.45) is 2.13. The Hall–Kier alpha value is -0.640. The van der Waals surface area contributed by atoms with Gasteiger partial charge in [-0.2, -0.15) is 0 Å². The maximum absolute atomic E-state index is 4.64. The fourth-order valence-electron chi connectivity index (χ4n) is 2.45. The highest BCUT2D eigenvalue weighted by atomic mass is 79.9. The van der Waals surface area contributed by atoms with Gasteiger partial charge in [-0.05, 0) is 33.7 Å². The van der Waals surface area contributed by atoms with Gasteiger partial charge in [0.25, 0.3) is 0 Å². The van der Waals surface area contributed by atoms with Crippen LogP contribution < -0.4 is 4.90 Å². The predicted octanol–water partition coefficient (Wildman–Crippen LogP) is 3.67. The smallest absolute Gasteiger partial charge is 0.133 e. The van der Waals surface area contributed by atoms with Crippen molar-refractivity contribution in [2.45, 2.75) is 40.5 Å². The maximum atomic E-state index is 4.64. The molecule has 0 radical (unpaired) electrons. The van der Waals surface area contributed by atoms with Gasteiger partial charge in [0.2, 0.25) is 0 Å². The molecule has 18 heavy (non-hydrogen) atoms. The molecule has 1 fully saturated rings. The van der Waals surface area contributed by atoms with E-state index < -0.39 is 0 Å². The largest absolute Gasteiger partial charge is 0.356 e. The van der Waals surface area contributed by atoms with Gasteiger partial charge >= 0.3 is 0 Å². The Morgan fingerprint density at radius 3 is 2.67 bits per heavy atom. The van der Waals surface area contributed by atoms with Gasteiger partial charge in [-0.1, -0.05) is 27.7 Å². The van der Waals surface area contributed by atoms with Gasteiger partial charge in [-0.25, -0.2) is 9.97 Å². The van der Waals surface area contributed by atoms with Gasteiger partial charge < -0.3 is 4.90 Å². The van der Waals surface area contributed by atoms with E-state index in [1.807, 2.05) is 6.07 Å². The Morgan fingerprint density at radius 2 is 2.11 bits per heavy atom. The summed E-state index contributed by atoms with van der Waals surface area (Å²) in [7, 11) is 0. The van der Waals surface area contributed by atoms with Crippen molar-refractivity contribution >= 4 is 21.7 Å². The van der Waals surface area contributed by atoms with E-state index in [1.54, 1.807) is 0 Å². The lowest BCUT2D eigenvalue weighted by Gasteiger charge is -2.27. The molecule has 1 unspecified atom stereocenters. The van der Waals surface area contributed by atoms with Gasteiger partial charge in [0.1, 0.15) is 16.2 Å². The number of aryl methyl sites for hydroxylation is 1. The van der Waals surface area contributed by atoms with Crippen LogP contribution in [0.15, 0.2) is 10.7 Å². The number of anilines is 1. The molecular weight excluding hydrogens is 290 g/mol. The lowest BCUT2D eigenvalue weighted by molar-refractivity contribution is 0.263. The molecule has 0 aromatic carbocycles. The van der Waals surface area contributed by atoms with Crippen molar-refractivity contribution in [3.8, 4) is 0 Å². The molecule has 0 bridgehead atoms. The van der Waals surface area contributed by atoms with Gasteiger partial charge in [0.15, 0.2) is 0 Å². The first-order valence-corrected chi connectivity index (χ1v) is 7.48. The van der Waals surface area contributed by atoms with E-state index in [0.717, 1.165) is 41.7 Å². The Morgan fingerprint density at radius 1 is 1.39 bits per heavy atom. The van der Waals surface area contributed by atoms with Crippen molar-refractivity contribution in [3.05, 3.63) is 16.5 Å². The fraction of sp³-hybridized carbons (Fsp3) is 0.714. The number of nitrogens with zero attached hydrogens (tertiary/aromatic N) is 3. The number of aromatic nitrogens is 2. The SMILES string of the molecule is CCc1nc(Br)cc(N2CCC(C(C)(C)C)C2)n1. The number of hydrogen-bond acceptors (Lipinski definition) is 3. The first kappa shape index (κ1) is 13.8. The molecule has 4 heteroatoms. The summed E-state index contributed by atoms with van der Waals surface area (Å²) < 4.78 is 0.892. The van der Waals surface area contributed by atoms with Crippen molar-refractivity contribution in [1.29, 1.82) is 0 Å². The molecule has 1 aromatic heterocycles. The monoisotopic (exact) mass is 311 g/mol. The predicted molar refractivity (Wildman–Crippen MR) is 78.9 cm³/mol. The molecule has 1 atom stereocenters. The Labute approximate surface area is 118 Å². The normalized spacial score (nSPS) is 20.5. The summed E-state index contributed by atoms with van der Waals surface area (Å²) in [4.78, 5) is 11.4. The van der Waals surface area contributed by atoms with Crippen LogP contribution in [-0.2, 0) is 6.42 Å². The van der Waals surface area contributed by atoms with Crippen molar-refractivity contribution in [1.82, 2.24) is 9.97 Å². The molecular formula is C14H22BrN3. The highest BCUT2D eigenvalue weighted by Crippen LogP contribution is 2.35. The van der Waals surface area contributed by atoms with Crippen LogP contribution in [0.5, 0.6) is 0 Å². The van der Waals surface area contributed by atoms with Gasteiger partial charge in [0.05, 0.1) is 0 Å². The average Bonchev–Trinajstić information content (AvgIpc) is 2.77. The Kier molecular flexibility index (Phi) is 3.95. The summed E-state index contributed by atoms with van der Waals surface area (Å²) in [5.74, 6) is 2.73. The molecule has 0 N–H and O–H groups in total.